The van der Waals surface area contributed by atoms with Crippen LogP contribution in [0.4, 0.5) is 4.39 Å². The number of benzene rings is 1. The third kappa shape index (κ3) is 3.48. The maximum atomic E-state index is 13.5. The van der Waals surface area contributed by atoms with E-state index >= 15 is 0 Å². The number of nitrogens with two attached hydrogens (primary N) is 1. The van der Waals surface area contributed by atoms with E-state index in [0.29, 0.717) is 6.07 Å². The molecule has 102 valence electrons. The summed E-state index contributed by atoms with van der Waals surface area (Å²) in [6, 6.07) is 2.33. The van der Waals surface area contributed by atoms with Gasteiger partial charge in [-0.1, -0.05) is 0 Å². The van der Waals surface area contributed by atoms with Gasteiger partial charge in [0.05, 0.1) is 10.6 Å². The van der Waals surface area contributed by atoms with Crippen LogP contribution in [0.1, 0.15) is 6.42 Å². The van der Waals surface area contributed by atoms with Crippen molar-refractivity contribution in [3.8, 4) is 0 Å². The van der Waals surface area contributed by atoms with Crippen LogP contribution in [0.25, 0.3) is 0 Å². The normalized spacial score (nSPS) is 12.6. The Balaban J connectivity index is 3.22. The number of rotatable bonds is 5. The molecule has 18 heavy (non-hydrogen) atoms. The van der Waals surface area contributed by atoms with Gasteiger partial charge in [0.1, 0.15) is 10.7 Å². The molecule has 0 aliphatic heterocycles. The molecule has 1 aromatic rings. The van der Waals surface area contributed by atoms with Crippen LogP contribution in [0.5, 0.6) is 0 Å². The molecule has 0 heterocycles. The van der Waals surface area contributed by atoms with Crippen LogP contribution in [-0.2, 0) is 19.9 Å². The van der Waals surface area contributed by atoms with Crippen molar-refractivity contribution in [3.05, 3.63) is 24.0 Å². The predicted molar refractivity (Wildman–Crippen MR) is 61.5 cm³/mol. The fraction of sp³-hybridized carbons (Fsp3) is 0.333. The highest BCUT2D eigenvalue weighted by Crippen LogP contribution is 2.19. The van der Waals surface area contributed by atoms with Gasteiger partial charge in [0.25, 0.3) is 0 Å². The van der Waals surface area contributed by atoms with Gasteiger partial charge < -0.3 is 5.11 Å². The lowest BCUT2D eigenvalue weighted by Gasteiger charge is -2.06. The molecule has 1 aromatic carbocycles. The third-order valence-corrected chi connectivity index (χ3v) is 4.88. The Kier molecular flexibility index (Phi) is 4.43. The summed E-state index contributed by atoms with van der Waals surface area (Å²) in [5, 5.41) is 13.3. The molecule has 0 fully saturated rings. The first-order valence-electron chi connectivity index (χ1n) is 4.84. The summed E-state index contributed by atoms with van der Waals surface area (Å²) in [4.78, 5) is -1.11. The first-order chi connectivity index (χ1) is 8.18. The quantitative estimate of drug-likeness (QED) is 0.769. The zero-order valence-corrected chi connectivity index (χ0v) is 10.8. The summed E-state index contributed by atoms with van der Waals surface area (Å²) in [6.45, 7) is -0.337. The summed E-state index contributed by atoms with van der Waals surface area (Å²) in [7, 11) is -7.97. The average Bonchev–Trinajstić information content (AvgIpc) is 2.24. The minimum absolute atomic E-state index is 0.0291. The number of halogens is 1. The zero-order valence-electron chi connectivity index (χ0n) is 9.21. The van der Waals surface area contributed by atoms with Crippen LogP contribution in [0.3, 0.4) is 0 Å². The van der Waals surface area contributed by atoms with Crippen molar-refractivity contribution in [2.45, 2.75) is 16.2 Å². The van der Waals surface area contributed by atoms with Gasteiger partial charge in [-0.15, -0.1) is 0 Å². The number of hydrogen-bond acceptors (Lipinski definition) is 5. The van der Waals surface area contributed by atoms with E-state index in [1.165, 1.54) is 0 Å². The molecule has 0 aliphatic rings. The molecule has 0 bridgehead atoms. The van der Waals surface area contributed by atoms with Crippen molar-refractivity contribution in [1.82, 2.24) is 0 Å². The van der Waals surface area contributed by atoms with E-state index in [0.717, 1.165) is 12.1 Å². The first-order valence-corrected chi connectivity index (χ1v) is 8.04. The van der Waals surface area contributed by atoms with Gasteiger partial charge in [0, 0.05) is 6.61 Å². The molecule has 0 aromatic heterocycles. The van der Waals surface area contributed by atoms with Gasteiger partial charge in [-0.3, -0.25) is 0 Å². The molecule has 0 saturated carbocycles. The van der Waals surface area contributed by atoms with Crippen molar-refractivity contribution >= 4 is 19.9 Å². The summed E-state index contributed by atoms with van der Waals surface area (Å²) < 4.78 is 58.7. The van der Waals surface area contributed by atoms with Crippen LogP contribution >= 0.6 is 0 Å². The summed E-state index contributed by atoms with van der Waals surface area (Å²) in [5.74, 6) is -1.60. The summed E-state index contributed by atoms with van der Waals surface area (Å²) in [6.07, 6.45) is -0.0291. The number of sulfonamides is 1. The average molecular weight is 297 g/mol. The second-order valence-corrected chi connectivity index (χ2v) is 7.17. The molecule has 0 atom stereocenters. The maximum Gasteiger partial charge on any atom is 0.238 e. The van der Waals surface area contributed by atoms with E-state index in [-0.39, 0.29) is 13.0 Å². The van der Waals surface area contributed by atoms with Gasteiger partial charge in [-0.25, -0.2) is 26.4 Å². The smallest absolute Gasteiger partial charge is 0.238 e. The highest BCUT2D eigenvalue weighted by molar-refractivity contribution is 7.91. The molecule has 9 heteroatoms. The minimum atomic E-state index is -4.08. The van der Waals surface area contributed by atoms with E-state index in [1.54, 1.807) is 0 Å². The highest BCUT2D eigenvalue weighted by atomic mass is 32.2. The van der Waals surface area contributed by atoms with E-state index in [4.69, 9.17) is 10.2 Å². The Morgan fingerprint density at radius 2 is 1.83 bits per heavy atom. The number of aliphatic hydroxyl groups is 1. The van der Waals surface area contributed by atoms with Crippen molar-refractivity contribution in [2.24, 2.45) is 5.14 Å². The number of primary sulfonamides is 1. The maximum absolute atomic E-state index is 13.5. The lowest BCUT2D eigenvalue weighted by molar-refractivity contribution is 0.295. The van der Waals surface area contributed by atoms with E-state index in [9.17, 15) is 21.2 Å². The van der Waals surface area contributed by atoms with Gasteiger partial charge in [0.15, 0.2) is 9.84 Å². The molecule has 0 spiro atoms. The predicted octanol–water partition coefficient (Wildman–Crippen LogP) is -0.371. The van der Waals surface area contributed by atoms with Crippen LogP contribution < -0.4 is 5.14 Å². The van der Waals surface area contributed by atoms with Crippen LogP contribution in [-0.4, -0.2) is 34.3 Å². The van der Waals surface area contributed by atoms with Crippen molar-refractivity contribution in [1.29, 1.82) is 0 Å². The Bertz CT molecular complexity index is 639. The van der Waals surface area contributed by atoms with Crippen molar-refractivity contribution < 1.29 is 26.3 Å². The van der Waals surface area contributed by atoms with E-state index in [2.05, 4.69) is 0 Å². The zero-order chi connectivity index (χ0) is 14.0. The summed E-state index contributed by atoms with van der Waals surface area (Å²) >= 11 is 0. The Morgan fingerprint density at radius 1 is 1.22 bits per heavy atom. The molecule has 0 radical (unpaired) electrons. The Morgan fingerprint density at radius 3 is 2.28 bits per heavy atom. The van der Waals surface area contributed by atoms with E-state index < -0.39 is 41.2 Å². The van der Waals surface area contributed by atoms with Crippen molar-refractivity contribution in [3.63, 3.8) is 0 Å². The van der Waals surface area contributed by atoms with Gasteiger partial charge in [-0.2, -0.15) is 0 Å². The molecule has 0 unspecified atom stereocenters. The molecule has 0 amide bonds. The second kappa shape index (κ2) is 5.31. The van der Waals surface area contributed by atoms with E-state index in [1.807, 2.05) is 0 Å². The molecule has 6 nitrogen and oxygen atoms in total. The van der Waals surface area contributed by atoms with Crippen molar-refractivity contribution in [2.75, 3.05) is 12.4 Å². The molecule has 3 N–H and O–H groups in total. The number of hydrogen-bond donors (Lipinski definition) is 2. The largest absolute Gasteiger partial charge is 0.396 e. The van der Waals surface area contributed by atoms with Gasteiger partial charge in [-0.05, 0) is 24.6 Å². The van der Waals surface area contributed by atoms with Crippen LogP contribution in [0.15, 0.2) is 28.0 Å². The van der Waals surface area contributed by atoms with Crippen LogP contribution in [0.2, 0.25) is 0 Å². The lowest BCUT2D eigenvalue weighted by atomic mass is 10.3. The molecule has 1 rings (SSSR count). The fourth-order valence-corrected chi connectivity index (χ4v) is 3.16. The Hall–Kier alpha value is -1.03. The number of sulfone groups is 1. The number of aliphatic hydroxyl groups excluding tert-OH is 1. The highest BCUT2D eigenvalue weighted by Gasteiger charge is 2.20. The molecular weight excluding hydrogens is 285 g/mol. The Labute approximate surface area is 104 Å². The van der Waals surface area contributed by atoms with Crippen LogP contribution in [0, 0.1) is 5.82 Å². The molecule has 0 saturated heterocycles. The van der Waals surface area contributed by atoms with Gasteiger partial charge in [0.2, 0.25) is 10.0 Å². The molecule has 0 aliphatic carbocycles. The SMILES string of the molecule is NS(=O)(=O)c1ccc(S(=O)(=O)CCCO)c(F)c1. The summed E-state index contributed by atoms with van der Waals surface area (Å²) in [5.41, 5.74) is 0. The topological polar surface area (TPSA) is 115 Å². The minimum Gasteiger partial charge on any atom is -0.396 e. The lowest BCUT2D eigenvalue weighted by Crippen LogP contribution is -2.14. The second-order valence-electron chi connectivity index (χ2n) is 3.53. The standard InChI is InChI=1S/C9H12FNO5S2/c10-8-6-7(18(11,15)16)2-3-9(8)17(13,14)5-1-4-12/h2-3,6,12H,1,4-5H2,(H2,11,15,16). The first kappa shape index (κ1) is 15.0. The molecular formula is C9H12FNO5S2. The monoisotopic (exact) mass is 297 g/mol. The fourth-order valence-electron chi connectivity index (χ4n) is 1.28. The third-order valence-electron chi connectivity index (χ3n) is 2.14. The van der Waals surface area contributed by atoms with Gasteiger partial charge >= 0.3 is 0 Å².